The molecule has 0 saturated heterocycles. The maximum atomic E-state index is 14.1. The van der Waals surface area contributed by atoms with Gasteiger partial charge in [-0.25, -0.2) is 0 Å². The molecule has 2 N–H and O–H groups in total. The van der Waals surface area contributed by atoms with E-state index in [1.807, 2.05) is 12.1 Å². The zero-order valence-electron chi connectivity index (χ0n) is 22.1. The number of nitrogens with zero attached hydrogens (tertiary/aromatic N) is 2. The normalized spacial score (nSPS) is 14.2. The molecule has 1 atom stereocenters. The number of aryl methyl sites for hydroxylation is 1. The standard InChI is InChI=1S/C28H29N3O7/c1-15-9-21-25(28(32)31(15)14-16-7-8-19(33-2)20(10-16)34-3)24(18(13-29)27(30)38-21)17-11-22(35-4)26(37-6)23(12-17)36-5/h7-12,24H,14,30H2,1-6H3/t24-/m0/s1. The third-order valence-corrected chi connectivity index (χ3v) is 6.50. The molecule has 0 unspecified atom stereocenters. The lowest BCUT2D eigenvalue weighted by Crippen LogP contribution is -2.33. The van der Waals surface area contributed by atoms with Crippen LogP contribution in [0, 0.1) is 18.3 Å². The third kappa shape index (κ3) is 4.43. The predicted octanol–water partition coefficient (Wildman–Crippen LogP) is 3.47. The van der Waals surface area contributed by atoms with Crippen molar-refractivity contribution in [2.45, 2.75) is 19.4 Å². The zero-order valence-corrected chi connectivity index (χ0v) is 22.1. The topological polar surface area (TPSA) is 127 Å². The molecular formula is C28H29N3O7. The summed E-state index contributed by atoms with van der Waals surface area (Å²) in [7, 11) is 7.60. The number of nitrogens with two attached hydrogens (primary N) is 1. The van der Waals surface area contributed by atoms with Gasteiger partial charge < -0.3 is 38.7 Å². The second-order valence-corrected chi connectivity index (χ2v) is 8.53. The van der Waals surface area contributed by atoms with Crippen molar-refractivity contribution in [1.82, 2.24) is 4.57 Å². The van der Waals surface area contributed by atoms with Gasteiger partial charge in [-0.3, -0.25) is 4.79 Å². The quantitative estimate of drug-likeness (QED) is 0.476. The summed E-state index contributed by atoms with van der Waals surface area (Å²) in [5.74, 6) is 1.66. The molecule has 198 valence electrons. The van der Waals surface area contributed by atoms with Crippen LogP contribution in [-0.2, 0) is 6.54 Å². The molecule has 38 heavy (non-hydrogen) atoms. The Morgan fingerprint density at radius 1 is 0.921 bits per heavy atom. The van der Waals surface area contributed by atoms with E-state index in [1.54, 1.807) is 50.0 Å². The van der Waals surface area contributed by atoms with Gasteiger partial charge in [0.15, 0.2) is 23.0 Å². The van der Waals surface area contributed by atoms with Gasteiger partial charge in [-0.05, 0) is 42.3 Å². The van der Waals surface area contributed by atoms with Gasteiger partial charge in [-0.2, -0.15) is 5.26 Å². The summed E-state index contributed by atoms with van der Waals surface area (Å²) in [6.07, 6.45) is 0. The minimum absolute atomic E-state index is 0.0739. The Morgan fingerprint density at radius 3 is 2.11 bits per heavy atom. The monoisotopic (exact) mass is 519 g/mol. The van der Waals surface area contributed by atoms with Crippen LogP contribution < -0.4 is 39.7 Å². The number of aromatic nitrogens is 1. The number of methoxy groups -OCH3 is 5. The molecule has 2 aromatic carbocycles. The molecule has 0 saturated carbocycles. The van der Waals surface area contributed by atoms with E-state index in [9.17, 15) is 10.1 Å². The van der Waals surface area contributed by atoms with Gasteiger partial charge >= 0.3 is 0 Å². The summed E-state index contributed by atoms with van der Waals surface area (Å²) in [6.45, 7) is 2.06. The Bertz CT molecular complexity index is 1490. The van der Waals surface area contributed by atoms with E-state index >= 15 is 0 Å². The zero-order chi connectivity index (χ0) is 27.6. The van der Waals surface area contributed by atoms with E-state index in [2.05, 4.69) is 6.07 Å². The lowest BCUT2D eigenvalue weighted by molar-refractivity contribution is 0.323. The number of ether oxygens (including phenoxy) is 6. The second kappa shape index (κ2) is 10.7. The molecule has 1 aromatic heterocycles. The molecule has 0 amide bonds. The Labute approximate surface area is 220 Å². The minimum atomic E-state index is -0.831. The summed E-state index contributed by atoms with van der Waals surface area (Å²) < 4.78 is 34.6. The van der Waals surface area contributed by atoms with E-state index in [0.717, 1.165) is 5.56 Å². The first-order valence-electron chi connectivity index (χ1n) is 11.6. The second-order valence-electron chi connectivity index (χ2n) is 8.53. The van der Waals surface area contributed by atoms with Crippen LogP contribution in [0.4, 0.5) is 0 Å². The van der Waals surface area contributed by atoms with E-state index in [0.29, 0.717) is 40.0 Å². The number of rotatable bonds is 8. The maximum absolute atomic E-state index is 14.1. The van der Waals surface area contributed by atoms with Crippen LogP contribution in [0.2, 0.25) is 0 Å². The molecule has 10 heteroatoms. The molecule has 1 aliphatic heterocycles. The van der Waals surface area contributed by atoms with Crippen molar-refractivity contribution >= 4 is 0 Å². The fourth-order valence-corrected chi connectivity index (χ4v) is 4.65. The van der Waals surface area contributed by atoms with Crippen LogP contribution >= 0.6 is 0 Å². The first-order chi connectivity index (χ1) is 18.3. The largest absolute Gasteiger partial charge is 0.493 e. The highest BCUT2D eigenvalue weighted by molar-refractivity contribution is 5.61. The van der Waals surface area contributed by atoms with Crippen molar-refractivity contribution in [2.75, 3.05) is 35.5 Å². The molecule has 0 bridgehead atoms. The molecule has 2 heterocycles. The number of allylic oxidation sites excluding steroid dienone is 1. The van der Waals surface area contributed by atoms with Gasteiger partial charge in [0.05, 0.1) is 53.6 Å². The highest BCUT2D eigenvalue weighted by atomic mass is 16.5. The van der Waals surface area contributed by atoms with Crippen LogP contribution in [0.3, 0.4) is 0 Å². The summed E-state index contributed by atoms with van der Waals surface area (Å²) in [4.78, 5) is 14.1. The van der Waals surface area contributed by atoms with Gasteiger partial charge in [0, 0.05) is 11.8 Å². The number of benzene rings is 2. The first-order valence-corrected chi connectivity index (χ1v) is 11.6. The Morgan fingerprint density at radius 2 is 1.55 bits per heavy atom. The number of hydrogen-bond donors (Lipinski definition) is 1. The highest BCUT2D eigenvalue weighted by Crippen LogP contribution is 2.46. The smallest absolute Gasteiger partial charge is 0.259 e. The highest BCUT2D eigenvalue weighted by Gasteiger charge is 2.35. The third-order valence-electron chi connectivity index (χ3n) is 6.50. The summed E-state index contributed by atoms with van der Waals surface area (Å²) in [5, 5.41) is 10.0. The Kier molecular flexibility index (Phi) is 7.39. The lowest BCUT2D eigenvalue weighted by atomic mass is 9.83. The van der Waals surface area contributed by atoms with Gasteiger partial charge in [0.1, 0.15) is 17.4 Å². The molecule has 0 spiro atoms. The Balaban J connectivity index is 1.93. The van der Waals surface area contributed by atoms with Crippen LogP contribution in [0.25, 0.3) is 0 Å². The minimum Gasteiger partial charge on any atom is -0.493 e. The average Bonchev–Trinajstić information content (AvgIpc) is 2.93. The average molecular weight is 520 g/mol. The molecule has 0 fully saturated rings. The van der Waals surface area contributed by atoms with Gasteiger partial charge in [-0.15, -0.1) is 0 Å². The molecule has 3 aromatic rings. The summed E-state index contributed by atoms with van der Waals surface area (Å²) in [6, 6.07) is 12.7. The molecule has 10 nitrogen and oxygen atoms in total. The Hall–Kier alpha value is -4.78. The molecular weight excluding hydrogens is 490 g/mol. The van der Waals surface area contributed by atoms with Gasteiger partial charge in [-0.1, -0.05) is 6.07 Å². The van der Waals surface area contributed by atoms with Crippen molar-refractivity contribution < 1.29 is 28.4 Å². The first kappa shape index (κ1) is 26.3. The fourth-order valence-electron chi connectivity index (χ4n) is 4.65. The van der Waals surface area contributed by atoms with Crippen molar-refractivity contribution in [2.24, 2.45) is 5.73 Å². The predicted molar refractivity (Wildman–Crippen MR) is 139 cm³/mol. The fraction of sp³-hybridized carbons (Fsp3) is 0.286. The van der Waals surface area contributed by atoms with E-state index < -0.39 is 5.92 Å². The SMILES string of the molecule is COc1ccc(Cn2c(C)cc3c(c2=O)[C@@H](c2cc(OC)c(OC)c(OC)c2)C(C#N)=C(N)O3)cc1OC. The van der Waals surface area contributed by atoms with E-state index in [4.69, 9.17) is 34.2 Å². The number of nitriles is 1. The van der Waals surface area contributed by atoms with Gasteiger partial charge in [0.2, 0.25) is 11.6 Å². The van der Waals surface area contributed by atoms with E-state index in [1.165, 1.54) is 21.3 Å². The summed E-state index contributed by atoms with van der Waals surface area (Å²) >= 11 is 0. The van der Waals surface area contributed by atoms with Gasteiger partial charge in [0.25, 0.3) is 5.56 Å². The number of fused-ring (bicyclic) bond motifs is 1. The molecule has 4 rings (SSSR count). The summed E-state index contributed by atoms with van der Waals surface area (Å²) in [5.41, 5.74) is 8.25. The maximum Gasteiger partial charge on any atom is 0.259 e. The lowest BCUT2D eigenvalue weighted by Gasteiger charge is -2.28. The van der Waals surface area contributed by atoms with Crippen molar-refractivity contribution in [3.8, 4) is 40.6 Å². The van der Waals surface area contributed by atoms with Crippen LogP contribution in [0.15, 0.2) is 52.6 Å². The van der Waals surface area contributed by atoms with Crippen molar-refractivity contribution in [3.05, 3.63) is 80.6 Å². The van der Waals surface area contributed by atoms with Crippen molar-refractivity contribution in [1.29, 1.82) is 5.26 Å². The van der Waals surface area contributed by atoms with Crippen LogP contribution in [0.1, 0.15) is 28.3 Å². The molecule has 0 radical (unpaired) electrons. The van der Waals surface area contributed by atoms with E-state index in [-0.39, 0.29) is 34.9 Å². The van der Waals surface area contributed by atoms with Crippen LogP contribution in [0.5, 0.6) is 34.5 Å². The number of pyridine rings is 1. The van der Waals surface area contributed by atoms with Crippen LogP contribution in [-0.4, -0.2) is 40.1 Å². The van der Waals surface area contributed by atoms with Crippen molar-refractivity contribution in [3.63, 3.8) is 0 Å². The molecule has 0 aliphatic carbocycles. The number of hydrogen-bond acceptors (Lipinski definition) is 9. The molecule has 1 aliphatic rings.